The monoisotopic (exact) mass is 490 g/mol. The predicted molar refractivity (Wildman–Crippen MR) is 128 cm³/mol. The molecule has 0 aliphatic carbocycles. The van der Waals surface area contributed by atoms with Crippen molar-refractivity contribution in [2.75, 3.05) is 23.8 Å². The molecule has 0 N–H and O–H groups in total. The minimum atomic E-state index is -3.59. The maximum atomic E-state index is 13.2. The Morgan fingerprint density at radius 2 is 2.00 bits per heavy atom. The molecule has 1 amide bonds. The standard InChI is InChI=1S/C24H27FN2O4S2/c1-16-13-17(2)23-21(14-16)26-24(32-23)27(15-19-5-3-11-31-19)22(28)6-4-12-33(29,30)20-9-7-18(25)8-10-20/h7-10,13-14,19H,3-6,11-12,15H2,1-2H3. The maximum absolute atomic E-state index is 13.2. The third-order valence-electron chi connectivity index (χ3n) is 5.73. The van der Waals surface area contributed by atoms with Gasteiger partial charge in [-0.15, -0.1) is 0 Å². The van der Waals surface area contributed by atoms with E-state index in [2.05, 4.69) is 6.07 Å². The number of nitrogens with zero attached hydrogens (tertiary/aromatic N) is 2. The Hall–Kier alpha value is -2.36. The van der Waals surface area contributed by atoms with E-state index in [0.29, 0.717) is 18.3 Å². The van der Waals surface area contributed by atoms with Gasteiger partial charge in [0.05, 0.1) is 33.5 Å². The lowest BCUT2D eigenvalue weighted by Gasteiger charge is -2.23. The van der Waals surface area contributed by atoms with Crippen LogP contribution in [0.15, 0.2) is 41.3 Å². The zero-order chi connectivity index (χ0) is 23.6. The molecule has 0 saturated carbocycles. The van der Waals surface area contributed by atoms with Gasteiger partial charge >= 0.3 is 0 Å². The average Bonchev–Trinajstić information content (AvgIpc) is 3.42. The Kier molecular flexibility index (Phi) is 7.11. The molecule has 6 nitrogen and oxygen atoms in total. The van der Waals surface area contributed by atoms with E-state index in [0.717, 1.165) is 46.3 Å². The molecule has 9 heteroatoms. The predicted octanol–water partition coefficient (Wildman–Crippen LogP) is 4.82. The number of ether oxygens (including phenoxy) is 1. The molecule has 1 aromatic heterocycles. The topological polar surface area (TPSA) is 76.6 Å². The van der Waals surface area contributed by atoms with E-state index in [1.807, 2.05) is 19.9 Å². The highest BCUT2D eigenvalue weighted by Gasteiger charge is 2.27. The molecule has 0 spiro atoms. The van der Waals surface area contributed by atoms with Crippen LogP contribution in [-0.4, -0.2) is 44.3 Å². The van der Waals surface area contributed by atoms with Gasteiger partial charge in [0.25, 0.3) is 0 Å². The molecule has 0 bridgehead atoms. The van der Waals surface area contributed by atoms with Crippen molar-refractivity contribution in [3.8, 4) is 0 Å². The fourth-order valence-electron chi connectivity index (χ4n) is 4.07. The Bertz CT molecular complexity index is 1250. The van der Waals surface area contributed by atoms with Gasteiger partial charge in [0.2, 0.25) is 5.91 Å². The van der Waals surface area contributed by atoms with Crippen LogP contribution in [0, 0.1) is 19.7 Å². The normalized spacial score (nSPS) is 16.4. The van der Waals surface area contributed by atoms with E-state index < -0.39 is 15.7 Å². The largest absolute Gasteiger partial charge is 0.376 e. The third-order valence-corrected chi connectivity index (χ3v) is 8.77. The Balaban J connectivity index is 1.50. The lowest BCUT2D eigenvalue weighted by atomic mass is 10.1. The van der Waals surface area contributed by atoms with Gasteiger partial charge in [-0.1, -0.05) is 17.4 Å². The molecule has 4 rings (SSSR count). The van der Waals surface area contributed by atoms with Crippen molar-refractivity contribution in [2.45, 2.75) is 50.5 Å². The van der Waals surface area contributed by atoms with E-state index in [1.54, 1.807) is 4.90 Å². The van der Waals surface area contributed by atoms with Crippen LogP contribution < -0.4 is 4.90 Å². The first-order valence-electron chi connectivity index (χ1n) is 11.0. The number of thiazole rings is 1. The number of carbonyl (C=O) groups excluding carboxylic acids is 1. The van der Waals surface area contributed by atoms with Gasteiger partial charge in [-0.05, 0) is 74.6 Å². The van der Waals surface area contributed by atoms with E-state index in [4.69, 9.17) is 9.72 Å². The number of aryl methyl sites for hydroxylation is 2. The smallest absolute Gasteiger partial charge is 0.228 e. The van der Waals surface area contributed by atoms with Crippen LogP contribution in [0.2, 0.25) is 0 Å². The summed E-state index contributed by atoms with van der Waals surface area (Å²) < 4.78 is 45.0. The van der Waals surface area contributed by atoms with Gasteiger partial charge in [-0.3, -0.25) is 9.69 Å². The van der Waals surface area contributed by atoms with Crippen molar-refractivity contribution in [3.63, 3.8) is 0 Å². The van der Waals surface area contributed by atoms with Gasteiger partial charge in [-0.2, -0.15) is 0 Å². The van der Waals surface area contributed by atoms with Gasteiger partial charge in [0.1, 0.15) is 5.82 Å². The summed E-state index contributed by atoms with van der Waals surface area (Å²) in [6, 6.07) is 8.85. The Morgan fingerprint density at radius 1 is 1.24 bits per heavy atom. The molecule has 0 radical (unpaired) electrons. The molecular formula is C24H27FN2O4S2. The van der Waals surface area contributed by atoms with Gasteiger partial charge in [-0.25, -0.2) is 17.8 Å². The summed E-state index contributed by atoms with van der Waals surface area (Å²) in [5.41, 5.74) is 3.08. The van der Waals surface area contributed by atoms with E-state index >= 15 is 0 Å². The zero-order valence-electron chi connectivity index (χ0n) is 18.7. The molecule has 2 heterocycles. The number of hydrogen-bond donors (Lipinski definition) is 0. The fraction of sp³-hybridized carbons (Fsp3) is 0.417. The Morgan fingerprint density at radius 3 is 2.70 bits per heavy atom. The molecule has 2 aromatic carbocycles. The van der Waals surface area contributed by atoms with E-state index in [-0.39, 0.29) is 35.5 Å². The summed E-state index contributed by atoms with van der Waals surface area (Å²) in [5.74, 6) is -0.848. The number of hydrogen-bond acceptors (Lipinski definition) is 6. The summed E-state index contributed by atoms with van der Waals surface area (Å²) in [5, 5.41) is 0.612. The molecule has 176 valence electrons. The molecule has 1 fully saturated rings. The summed E-state index contributed by atoms with van der Waals surface area (Å²) in [6.07, 6.45) is 2.03. The number of rotatable bonds is 8. The first kappa shape index (κ1) is 23.8. The summed E-state index contributed by atoms with van der Waals surface area (Å²) in [4.78, 5) is 19.7. The summed E-state index contributed by atoms with van der Waals surface area (Å²) in [7, 11) is -3.59. The molecule has 1 atom stereocenters. The lowest BCUT2D eigenvalue weighted by Crippen LogP contribution is -2.37. The minimum absolute atomic E-state index is 0.0493. The summed E-state index contributed by atoms with van der Waals surface area (Å²) in [6.45, 7) is 5.13. The first-order chi connectivity index (χ1) is 15.7. The maximum Gasteiger partial charge on any atom is 0.228 e. The van der Waals surface area contributed by atoms with Crippen molar-refractivity contribution in [1.82, 2.24) is 4.98 Å². The second-order valence-electron chi connectivity index (χ2n) is 8.44. The van der Waals surface area contributed by atoms with Crippen molar-refractivity contribution < 1.29 is 22.3 Å². The average molecular weight is 491 g/mol. The lowest BCUT2D eigenvalue weighted by molar-refractivity contribution is -0.119. The molecular weight excluding hydrogens is 463 g/mol. The molecule has 1 aliphatic heterocycles. The minimum Gasteiger partial charge on any atom is -0.376 e. The number of sulfone groups is 1. The van der Waals surface area contributed by atoms with Crippen molar-refractivity contribution in [1.29, 1.82) is 0 Å². The molecule has 33 heavy (non-hydrogen) atoms. The van der Waals surface area contributed by atoms with Crippen LogP contribution in [0.4, 0.5) is 9.52 Å². The van der Waals surface area contributed by atoms with Gasteiger partial charge < -0.3 is 4.74 Å². The third kappa shape index (κ3) is 5.59. The number of carbonyl (C=O) groups is 1. The molecule has 1 unspecified atom stereocenters. The molecule has 3 aromatic rings. The zero-order valence-corrected chi connectivity index (χ0v) is 20.3. The summed E-state index contributed by atoms with van der Waals surface area (Å²) >= 11 is 1.47. The fourth-order valence-corrected chi connectivity index (χ4v) is 6.42. The number of amides is 1. The van der Waals surface area contributed by atoms with Crippen LogP contribution in [0.1, 0.15) is 36.8 Å². The Labute approximate surface area is 197 Å². The second kappa shape index (κ2) is 9.87. The first-order valence-corrected chi connectivity index (χ1v) is 13.5. The highest BCUT2D eigenvalue weighted by molar-refractivity contribution is 7.91. The quantitative estimate of drug-likeness (QED) is 0.423. The van der Waals surface area contributed by atoms with Crippen LogP contribution in [0.25, 0.3) is 10.2 Å². The second-order valence-corrected chi connectivity index (χ2v) is 11.5. The molecule has 1 saturated heterocycles. The van der Waals surface area contributed by atoms with Crippen LogP contribution in [0.3, 0.4) is 0 Å². The number of halogens is 1. The molecule has 1 aliphatic rings. The van der Waals surface area contributed by atoms with Gasteiger partial charge in [0.15, 0.2) is 15.0 Å². The SMILES string of the molecule is Cc1cc(C)c2sc(N(CC3CCCO3)C(=O)CCCS(=O)(=O)c3ccc(F)cc3)nc2c1. The van der Waals surface area contributed by atoms with Crippen molar-refractivity contribution in [3.05, 3.63) is 53.3 Å². The highest BCUT2D eigenvalue weighted by Crippen LogP contribution is 2.33. The highest BCUT2D eigenvalue weighted by atomic mass is 32.2. The number of benzene rings is 2. The van der Waals surface area contributed by atoms with Crippen LogP contribution in [-0.2, 0) is 19.4 Å². The van der Waals surface area contributed by atoms with Crippen molar-refractivity contribution >= 4 is 42.4 Å². The van der Waals surface area contributed by atoms with Gasteiger partial charge in [0, 0.05) is 13.0 Å². The van der Waals surface area contributed by atoms with Crippen molar-refractivity contribution in [2.24, 2.45) is 0 Å². The van der Waals surface area contributed by atoms with E-state index in [1.165, 1.54) is 23.5 Å². The number of anilines is 1. The van der Waals surface area contributed by atoms with Crippen LogP contribution in [0.5, 0.6) is 0 Å². The van der Waals surface area contributed by atoms with E-state index in [9.17, 15) is 17.6 Å². The number of aromatic nitrogens is 1. The van der Waals surface area contributed by atoms with Crippen LogP contribution >= 0.6 is 11.3 Å². The number of fused-ring (bicyclic) bond motifs is 1.